The van der Waals surface area contributed by atoms with Crippen LogP contribution in [0.15, 0.2) is 48.8 Å². The van der Waals surface area contributed by atoms with E-state index in [0.29, 0.717) is 12.6 Å². The molecule has 2 N–H and O–H groups in total. The Labute approximate surface area is 194 Å². The van der Waals surface area contributed by atoms with Crippen LogP contribution in [0.1, 0.15) is 42.9 Å². The van der Waals surface area contributed by atoms with E-state index in [1.54, 1.807) is 30.4 Å². The van der Waals surface area contributed by atoms with Gasteiger partial charge in [0.25, 0.3) is 0 Å². The molecule has 8 heteroatoms. The number of likely N-dealkylation sites (N-methyl/N-ethyl adjacent to an activating group) is 1. The summed E-state index contributed by atoms with van der Waals surface area (Å²) in [5.74, 6) is -0.733. The highest BCUT2D eigenvalue weighted by Gasteiger charge is 2.54. The van der Waals surface area contributed by atoms with E-state index in [0.717, 1.165) is 23.1 Å². The van der Waals surface area contributed by atoms with Gasteiger partial charge in [0.15, 0.2) is 0 Å². The lowest BCUT2D eigenvalue weighted by molar-refractivity contribution is -0.143. The van der Waals surface area contributed by atoms with Crippen LogP contribution in [0.2, 0.25) is 0 Å². The molecular formula is C25H31N5O3. The Kier molecular flexibility index (Phi) is 6.58. The zero-order chi connectivity index (χ0) is 23.6. The minimum atomic E-state index is -1.20. The number of hydrazine groups is 1. The molecule has 2 fully saturated rings. The fourth-order valence-corrected chi connectivity index (χ4v) is 4.94. The molecule has 0 radical (unpaired) electrons. The first-order valence-corrected chi connectivity index (χ1v) is 11.3. The van der Waals surface area contributed by atoms with Crippen LogP contribution >= 0.6 is 0 Å². The van der Waals surface area contributed by atoms with E-state index in [-0.39, 0.29) is 43.1 Å². The van der Waals surface area contributed by atoms with Crippen molar-refractivity contribution in [3.63, 3.8) is 0 Å². The maximum Gasteiger partial charge on any atom is 0.241 e. The summed E-state index contributed by atoms with van der Waals surface area (Å²) in [5, 5.41) is 0. The number of benzene rings is 1. The third-order valence-corrected chi connectivity index (χ3v) is 6.68. The number of nitrogens with zero attached hydrogens (tertiary/aromatic N) is 3. The van der Waals surface area contributed by atoms with E-state index >= 15 is 0 Å². The zero-order valence-corrected chi connectivity index (χ0v) is 19.4. The lowest BCUT2D eigenvalue weighted by atomic mass is 9.74. The molecule has 3 heterocycles. The number of likely N-dealkylation sites (tertiary alicyclic amines) is 1. The number of aryl methyl sites for hydroxylation is 1. The lowest BCUT2D eigenvalue weighted by Crippen LogP contribution is -2.46. The van der Waals surface area contributed by atoms with Crippen LogP contribution in [0.5, 0.6) is 0 Å². The van der Waals surface area contributed by atoms with Crippen molar-refractivity contribution in [2.24, 2.45) is 0 Å². The standard InChI is InChI=1S/C25H31N5O3/c1-17-7-4-5-9-21(17)25(12-22(31)29(3)16-20-11-18(2)27-28-20)13-23(32)30(24(25)33)15-19-8-6-10-26-14-19/h4-10,14,18,20,27-28H,11-13,15-16H2,1-3H3. The first-order valence-electron chi connectivity index (χ1n) is 11.3. The molecule has 3 atom stereocenters. The molecule has 1 aromatic carbocycles. The molecule has 0 bridgehead atoms. The van der Waals surface area contributed by atoms with Gasteiger partial charge >= 0.3 is 0 Å². The average Bonchev–Trinajstić information content (AvgIpc) is 3.30. The fourth-order valence-electron chi connectivity index (χ4n) is 4.94. The van der Waals surface area contributed by atoms with Gasteiger partial charge in [0.05, 0.1) is 12.0 Å². The second-order valence-corrected chi connectivity index (χ2v) is 9.29. The Morgan fingerprint density at radius 2 is 2.00 bits per heavy atom. The molecule has 0 spiro atoms. The van der Waals surface area contributed by atoms with E-state index in [4.69, 9.17) is 0 Å². The number of amides is 3. The van der Waals surface area contributed by atoms with Crippen molar-refractivity contribution in [3.8, 4) is 0 Å². The first-order chi connectivity index (χ1) is 15.8. The van der Waals surface area contributed by atoms with E-state index in [2.05, 4.69) is 22.8 Å². The molecule has 2 saturated heterocycles. The Balaban J connectivity index is 1.61. The van der Waals surface area contributed by atoms with Crippen molar-refractivity contribution in [2.45, 2.75) is 57.2 Å². The molecule has 3 amide bonds. The molecule has 2 aliphatic rings. The number of imide groups is 1. The van der Waals surface area contributed by atoms with Crippen molar-refractivity contribution in [1.82, 2.24) is 25.6 Å². The molecule has 33 heavy (non-hydrogen) atoms. The van der Waals surface area contributed by atoms with Crippen LogP contribution in [0, 0.1) is 6.92 Å². The normalized spacial score (nSPS) is 25.0. The second kappa shape index (κ2) is 9.41. The molecule has 1 aromatic heterocycles. The minimum Gasteiger partial charge on any atom is -0.344 e. The van der Waals surface area contributed by atoms with E-state index < -0.39 is 5.41 Å². The van der Waals surface area contributed by atoms with Gasteiger partial charge in [0.2, 0.25) is 17.7 Å². The van der Waals surface area contributed by atoms with Crippen LogP contribution in [0.25, 0.3) is 0 Å². The van der Waals surface area contributed by atoms with Gasteiger partial charge in [-0.25, -0.2) is 0 Å². The highest BCUT2D eigenvalue weighted by atomic mass is 16.2. The van der Waals surface area contributed by atoms with Gasteiger partial charge in [-0.3, -0.25) is 35.1 Å². The Morgan fingerprint density at radius 1 is 1.21 bits per heavy atom. The number of hydrogen-bond acceptors (Lipinski definition) is 6. The molecule has 2 aliphatic heterocycles. The summed E-state index contributed by atoms with van der Waals surface area (Å²) in [6, 6.07) is 11.6. The highest BCUT2D eigenvalue weighted by molar-refractivity contribution is 6.10. The SMILES string of the molecule is Cc1ccccc1C1(CC(=O)N(C)CC2CC(C)NN2)CC(=O)N(Cc2cccnc2)C1=O. The minimum absolute atomic E-state index is 0.0171. The summed E-state index contributed by atoms with van der Waals surface area (Å²) < 4.78 is 0. The summed E-state index contributed by atoms with van der Waals surface area (Å²) >= 11 is 0. The number of carbonyl (C=O) groups excluding carboxylic acids is 3. The van der Waals surface area contributed by atoms with E-state index in [1.165, 1.54) is 4.90 Å². The van der Waals surface area contributed by atoms with Gasteiger partial charge in [-0.1, -0.05) is 30.3 Å². The summed E-state index contributed by atoms with van der Waals surface area (Å²) in [7, 11) is 1.76. The van der Waals surface area contributed by atoms with Crippen molar-refractivity contribution < 1.29 is 14.4 Å². The summed E-state index contributed by atoms with van der Waals surface area (Å²) in [4.78, 5) is 47.3. The fraction of sp³-hybridized carbons (Fsp3) is 0.440. The van der Waals surface area contributed by atoms with Crippen molar-refractivity contribution in [1.29, 1.82) is 0 Å². The number of pyridine rings is 1. The molecule has 174 valence electrons. The highest BCUT2D eigenvalue weighted by Crippen LogP contribution is 2.42. The quantitative estimate of drug-likeness (QED) is 0.625. The number of aromatic nitrogens is 1. The lowest BCUT2D eigenvalue weighted by Gasteiger charge is -2.31. The first kappa shape index (κ1) is 23.1. The van der Waals surface area contributed by atoms with Crippen LogP contribution in [0.3, 0.4) is 0 Å². The predicted molar refractivity (Wildman–Crippen MR) is 124 cm³/mol. The largest absolute Gasteiger partial charge is 0.344 e. The number of carbonyl (C=O) groups is 3. The van der Waals surface area contributed by atoms with Gasteiger partial charge in [-0.05, 0) is 43.0 Å². The van der Waals surface area contributed by atoms with Gasteiger partial charge in [-0.2, -0.15) is 0 Å². The second-order valence-electron chi connectivity index (χ2n) is 9.29. The topological polar surface area (TPSA) is 94.6 Å². The Hall–Kier alpha value is -3.10. The number of rotatable bonds is 7. The smallest absolute Gasteiger partial charge is 0.241 e. The van der Waals surface area contributed by atoms with Crippen molar-refractivity contribution in [2.75, 3.05) is 13.6 Å². The van der Waals surface area contributed by atoms with Crippen LogP contribution in [0.4, 0.5) is 0 Å². The predicted octanol–water partition coefficient (Wildman–Crippen LogP) is 1.69. The number of nitrogens with one attached hydrogen (secondary N) is 2. The molecule has 2 aromatic rings. The monoisotopic (exact) mass is 449 g/mol. The maximum absolute atomic E-state index is 13.8. The molecule has 0 saturated carbocycles. The van der Waals surface area contributed by atoms with E-state index in [1.807, 2.05) is 37.3 Å². The zero-order valence-electron chi connectivity index (χ0n) is 19.4. The van der Waals surface area contributed by atoms with Gasteiger partial charge < -0.3 is 4.90 Å². The van der Waals surface area contributed by atoms with Gasteiger partial charge in [-0.15, -0.1) is 0 Å². The Bertz CT molecular complexity index is 1040. The summed E-state index contributed by atoms with van der Waals surface area (Å²) in [6.07, 6.45) is 4.15. The number of hydrogen-bond donors (Lipinski definition) is 2. The van der Waals surface area contributed by atoms with Crippen molar-refractivity contribution in [3.05, 3.63) is 65.5 Å². The third-order valence-electron chi connectivity index (χ3n) is 6.68. The van der Waals surface area contributed by atoms with Crippen LogP contribution < -0.4 is 10.9 Å². The van der Waals surface area contributed by atoms with Gasteiger partial charge in [0.1, 0.15) is 0 Å². The van der Waals surface area contributed by atoms with E-state index in [9.17, 15) is 14.4 Å². The molecular weight excluding hydrogens is 418 g/mol. The molecule has 8 nitrogen and oxygen atoms in total. The molecule has 4 rings (SSSR count). The Morgan fingerprint density at radius 3 is 2.67 bits per heavy atom. The van der Waals surface area contributed by atoms with Crippen molar-refractivity contribution >= 4 is 17.7 Å². The van der Waals surface area contributed by atoms with Crippen LogP contribution in [-0.2, 0) is 26.3 Å². The molecule has 0 aliphatic carbocycles. The average molecular weight is 450 g/mol. The maximum atomic E-state index is 13.8. The van der Waals surface area contributed by atoms with Gasteiger partial charge in [0, 0.05) is 50.9 Å². The third kappa shape index (κ3) is 4.67. The van der Waals surface area contributed by atoms with Crippen LogP contribution in [-0.4, -0.2) is 58.2 Å². The summed E-state index contributed by atoms with van der Waals surface area (Å²) in [6.45, 7) is 4.68. The molecule has 3 unspecified atom stereocenters. The summed E-state index contributed by atoms with van der Waals surface area (Å²) in [5.41, 5.74) is 7.59.